The number of likely N-dealkylation sites (N-methyl/N-ethyl adjacent to an activating group) is 1. The second-order valence-electron chi connectivity index (χ2n) is 10.5. The normalized spacial score (nSPS) is 18.8. The van der Waals surface area contributed by atoms with Gasteiger partial charge >= 0.3 is 0 Å². The third-order valence-corrected chi connectivity index (χ3v) is 10.4. The summed E-state index contributed by atoms with van der Waals surface area (Å²) in [7, 11) is -2.06. The third kappa shape index (κ3) is 6.44. The van der Waals surface area contributed by atoms with Crippen LogP contribution in [-0.2, 0) is 14.8 Å². The van der Waals surface area contributed by atoms with Crippen LogP contribution in [0.25, 0.3) is 10.2 Å². The maximum Gasteiger partial charge on any atom is 0.251 e. The molecular weight excluding hydrogens is 534 g/mol. The number of aromatic nitrogens is 1. The number of ether oxygens (including phenoxy) is 1. The van der Waals surface area contributed by atoms with Crippen molar-refractivity contribution in [2.45, 2.75) is 37.7 Å². The van der Waals surface area contributed by atoms with Gasteiger partial charge in [-0.15, -0.1) is 0 Å². The van der Waals surface area contributed by atoms with Gasteiger partial charge in [0.2, 0.25) is 10.0 Å². The zero-order valence-corrected chi connectivity index (χ0v) is 24.5. The number of nitrogens with one attached hydrogen (secondary N) is 1. The van der Waals surface area contributed by atoms with E-state index in [0.29, 0.717) is 25.3 Å². The Morgan fingerprint density at radius 2 is 1.90 bits per heavy atom. The van der Waals surface area contributed by atoms with Gasteiger partial charge in [-0.05, 0) is 68.1 Å². The summed E-state index contributed by atoms with van der Waals surface area (Å²) in [5, 5.41) is 4.05. The molecular formula is C28H37N5O4S2. The summed E-state index contributed by atoms with van der Waals surface area (Å²) in [5.74, 6) is -0.203. The fraction of sp³-hybridized carbons (Fsp3) is 0.500. The van der Waals surface area contributed by atoms with Gasteiger partial charge in [0.05, 0.1) is 21.2 Å². The Kier molecular flexibility index (Phi) is 8.53. The van der Waals surface area contributed by atoms with Crippen LogP contribution >= 0.6 is 11.3 Å². The molecule has 0 aliphatic carbocycles. The molecule has 210 valence electrons. The minimum absolute atomic E-state index is 0.0566. The van der Waals surface area contributed by atoms with E-state index in [2.05, 4.69) is 41.1 Å². The quantitative estimate of drug-likeness (QED) is 0.421. The monoisotopic (exact) mass is 571 g/mol. The van der Waals surface area contributed by atoms with Crippen molar-refractivity contribution in [3.8, 4) is 0 Å². The van der Waals surface area contributed by atoms with Gasteiger partial charge in [-0.2, -0.15) is 4.31 Å². The predicted octanol–water partition coefficient (Wildman–Crippen LogP) is 3.26. The van der Waals surface area contributed by atoms with Gasteiger partial charge in [0.25, 0.3) is 5.91 Å². The lowest BCUT2D eigenvalue weighted by Gasteiger charge is -2.34. The number of anilines is 1. The molecule has 2 aliphatic rings. The molecule has 1 atom stereocenters. The smallest absolute Gasteiger partial charge is 0.251 e. The van der Waals surface area contributed by atoms with Crippen LogP contribution in [0.1, 0.15) is 34.3 Å². The van der Waals surface area contributed by atoms with Crippen molar-refractivity contribution in [3.63, 3.8) is 0 Å². The lowest BCUT2D eigenvalue weighted by Crippen LogP contribution is -2.48. The van der Waals surface area contributed by atoms with Crippen LogP contribution < -0.4 is 10.2 Å². The number of carbonyl (C=O) groups is 1. The van der Waals surface area contributed by atoms with Crippen molar-refractivity contribution in [3.05, 3.63) is 53.1 Å². The molecule has 5 rings (SSSR count). The fourth-order valence-corrected chi connectivity index (χ4v) is 7.61. The molecule has 1 N–H and O–H groups in total. The highest BCUT2D eigenvalue weighted by Gasteiger charge is 2.26. The summed E-state index contributed by atoms with van der Waals surface area (Å²) in [6.45, 7) is 10.2. The number of aryl methyl sites for hydroxylation is 2. The van der Waals surface area contributed by atoms with Gasteiger partial charge in [0.1, 0.15) is 0 Å². The van der Waals surface area contributed by atoms with Gasteiger partial charge in [-0.3, -0.25) is 9.69 Å². The summed E-state index contributed by atoms with van der Waals surface area (Å²) in [6, 6.07) is 10.5. The van der Waals surface area contributed by atoms with E-state index in [1.54, 1.807) is 30.5 Å². The van der Waals surface area contributed by atoms with Crippen LogP contribution in [0.3, 0.4) is 0 Å². The van der Waals surface area contributed by atoms with E-state index in [4.69, 9.17) is 9.72 Å². The first-order valence-electron chi connectivity index (χ1n) is 13.5. The van der Waals surface area contributed by atoms with E-state index < -0.39 is 10.0 Å². The number of hydrogen-bond acceptors (Lipinski definition) is 8. The molecule has 11 heteroatoms. The van der Waals surface area contributed by atoms with Gasteiger partial charge in [0.15, 0.2) is 5.13 Å². The third-order valence-electron chi connectivity index (χ3n) is 7.48. The molecule has 0 saturated carbocycles. The van der Waals surface area contributed by atoms with Crippen molar-refractivity contribution in [1.82, 2.24) is 19.5 Å². The molecule has 1 unspecified atom stereocenters. The highest BCUT2D eigenvalue weighted by Crippen LogP contribution is 2.32. The largest absolute Gasteiger partial charge is 0.377 e. The molecule has 3 heterocycles. The standard InChI is InChI=1S/C28H37N5O4S2/c1-20-17-21(2)26-25(18-20)38-28(30-26)33-14-12-32(13-15-33)11-10-29-27(34)22-6-8-24(9-7-22)39(35,36)31(3)19-23-5-4-16-37-23/h6-9,17-18,23H,4-5,10-16,19H2,1-3H3,(H,29,34). The molecule has 3 aromatic rings. The molecule has 1 aromatic heterocycles. The molecule has 39 heavy (non-hydrogen) atoms. The summed E-state index contributed by atoms with van der Waals surface area (Å²) in [6.07, 6.45) is 1.78. The number of fused-ring (bicyclic) bond motifs is 1. The molecule has 9 nitrogen and oxygen atoms in total. The first-order valence-corrected chi connectivity index (χ1v) is 15.8. The Labute approximate surface area is 234 Å². The highest BCUT2D eigenvalue weighted by atomic mass is 32.2. The van der Waals surface area contributed by atoms with E-state index in [1.807, 2.05) is 0 Å². The van der Waals surface area contributed by atoms with E-state index in [0.717, 1.165) is 56.2 Å². The summed E-state index contributed by atoms with van der Waals surface area (Å²) in [5.41, 5.74) is 4.03. The summed E-state index contributed by atoms with van der Waals surface area (Å²) in [4.78, 5) is 22.4. The first kappa shape index (κ1) is 28.0. The number of benzene rings is 2. The second-order valence-corrected chi connectivity index (χ2v) is 13.5. The van der Waals surface area contributed by atoms with Gasteiger partial charge in [-0.1, -0.05) is 17.4 Å². The first-order chi connectivity index (χ1) is 18.7. The molecule has 0 bridgehead atoms. The highest BCUT2D eigenvalue weighted by molar-refractivity contribution is 7.89. The number of amides is 1. The minimum Gasteiger partial charge on any atom is -0.377 e. The Morgan fingerprint density at radius 1 is 1.15 bits per heavy atom. The van der Waals surface area contributed by atoms with Crippen LogP contribution in [0.4, 0.5) is 5.13 Å². The lowest BCUT2D eigenvalue weighted by atomic mass is 10.1. The van der Waals surface area contributed by atoms with Gasteiger partial charge in [-0.25, -0.2) is 13.4 Å². The summed E-state index contributed by atoms with van der Waals surface area (Å²) < 4.78 is 33.9. The zero-order valence-electron chi connectivity index (χ0n) is 22.9. The van der Waals surface area contributed by atoms with Crippen molar-refractivity contribution in [1.29, 1.82) is 0 Å². The zero-order chi connectivity index (χ0) is 27.6. The van der Waals surface area contributed by atoms with Crippen LogP contribution in [0.2, 0.25) is 0 Å². The molecule has 1 amide bonds. The Bertz CT molecular complexity index is 1410. The van der Waals surface area contributed by atoms with Crippen molar-refractivity contribution >= 4 is 42.6 Å². The minimum atomic E-state index is -3.63. The van der Waals surface area contributed by atoms with E-state index in [1.165, 1.54) is 32.3 Å². The number of rotatable bonds is 9. The van der Waals surface area contributed by atoms with Crippen LogP contribution in [-0.4, -0.2) is 94.1 Å². The number of hydrogen-bond donors (Lipinski definition) is 1. The van der Waals surface area contributed by atoms with Crippen molar-refractivity contribution < 1.29 is 17.9 Å². The van der Waals surface area contributed by atoms with E-state index in [-0.39, 0.29) is 16.9 Å². The second kappa shape index (κ2) is 11.9. The molecule has 2 aromatic carbocycles. The molecule has 0 radical (unpaired) electrons. The average Bonchev–Trinajstić information content (AvgIpc) is 3.59. The fourth-order valence-electron chi connectivity index (χ4n) is 5.22. The number of thiazole rings is 1. The maximum atomic E-state index is 12.9. The summed E-state index contributed by atoms with van der Waals surface area (Å²) >= 11 is 1.76. The van der Waals surface area contributed by atoms with Crippen LogP contribution in [0, 0.1) is 13.8 Å². The SMILES string of the molecule is Cc1cc(C)c2nc(N3CCN(CCNC(=O)c4ccc(S(=O)(=O)N(C)CC5CCCO5)cc4)CC3)sc2c1. The van der Waals surface area contributed by atoms with E-state index >= 15 is 0 Å². The van der Waals surface area contributed by atoms with Crippen LogP contribution in [0.15, 0.2) is 41.3 Å². The number of piperazine rings is 1. The number of nitrogens with zero attached hydrogens (tertiary/aromatic N) is 4. The molecule has 2 fully saturated rings. The Morgan fingerprint density at radius 3 is 2.59 bits per heavy atom. The molecule has 0 spiro atoms. The maximum absolute atomic E-state index is 12.9. The topological polar surface area (TPSA) is 95.1 Å². The average molecular weight is 572 g/mol. The van der Waals surface area contributed by atoms with Crippen LogP contribution in [0.5, 0.6) is 0 Å². The van der Waals surface area contributed by atoms with Crippen molar-refractivity contribution in [2.24, 2.45) is 0 Å². The lowest BCUT2D eigenvalue weighted by molar-refractivity contribution is 0.0947. The molecule has 2 saturated heterocycles. The molecule has 2 aliphatic heterocycles. The van der Waals surface area contributed by atoms with Gasteiger partial charge < -0.3 is 15.0 Å². The van der Waals surface area contributed by atoms with Gasteiger partial charge in [0, 0.05) is 65.0 Å². The van der Waals surface area contributed by atoms with Crippen molar-refractivity contribution in [2.75, 3.05) is 64.4 Å². The predicted molar refractivity (Wildman–Crippen MR) is 155 cm³/mol. The Hall–Kier alpha value is -2.57. The Balaban J connectivity index is 1.07. The number of carbonyl (C=O) groups excluding carboxylic acids is 1. The van der Waals surface area contributed by atoms with E-state index in [9.17, 15) is 13.2 Å². The number of sulfonamides is 1.